The second-order valence-electron chi connectivity index (χ2n) is 4.32. The standard InChI is InChI=1S/C10H21NO/c1-8(2)10(3,4)7-6-9(12)11-5/h8H,6-7H2,1-5H3,(H,11,12). The Labute approximate surface area is 75.7 Å². The summed E-state index contributed by atoms with van der Waals surface area (Å²) >= 11 is 0. The maximum Gasteiger partial charge on any atom is 0.219 e. The van der Waals surface area contributed by atoms with Crippen LogP contribution < -0.4 is 5.32 Å². The second kappa shape index (κ2) is 4.48. The summed E-state index contributed by atoms with van der Waals surface area (Å²) in [6, 6.07) is 0. The minimum atomic E-state index is 0.142. The zero-order chi connectivity index (χ0) is 9.78. The lowest BCUT2D eigenvalue weighted by atomic mass is 9.77. The van der Waals surface area contributed by atoms with Crippen molar-refractivity contribution in [2.45, 2.75) is 40.5 Å². The first-order valence-corrected chi connectivity index (χ1v) is 4.60. The number of rotatable bonds is 4. The van der Waals surface area contributed by atoms with Crippen LogP contribution in [0.2, 0.25) is 0 Å². The van der Waals surface area contributed by atoms with Crippen LogP contribution in [0, 0.1) is 11.3 Å². The van der Waals surface area contributed by atoms with Crippen LogP contribution in [0.5, 0.6) is 0 Å². The highest BCUT2D eigenvalue weighted by molar-refractivity contribution is 5.75. The van der Waals surface area contributed by atoms with E-state index in [4.69, 9.17) is 0 Å². The third-order valence-electron chi connectivity index (χ3n) is 2.84. The van der Waals surface area contributed by atoms with Crippen LogP contribution in [0.4, 0.5) is 0 Å². The van der Waals surface area contributed by atoms with Crippen molar-refractivity contribution >= 4 is 5.91 Å². The first kappa shape index (κ1) is 11.5. The summed E-state index contributed by atoms with van der Waals surface area (Å²) in [5, 5.41) is 2.64. The van der Waals surface area contributed by atoms with Crippen LogP contribution in [-0.2, 0) is 4.79 Å². The molecule has 2 heteroatoms. The average Bonchev–Trinajstić information content (AvgIpc) is 2.00. The molecule has 0 aliphatic rings. The summed E-state index contributed by atoms with van der Waals surface area (Å²) in [5.74, 6) is 0.769. The van der Waals surface area contributed by atoms with Crippen LogP contribution in [0.1, 0.15) is 40.5 Å². The smallest absolute Gasteiger partial charge is 0.219 e. The van der Waals surface area contributed by atoms with Gasteiger partial charge in [-0.1, -0.05) is 27.7 Å². The molecule has 0 aliphatic carbocycles. The van der Waals surface area contributed by atoms with Gasteiger partial charge in [-0.25, -0.2) is 0 Å². The fourth-order valence-corrected chi connectivity index (χ4v) is 0.849. The molecule has 12 heavy (non-hydrogen) atoms. The minimum absolute atomic E-state index is 0.142. The summed E-state index contributed by atoms with van der Waals surface area (Å²) in [7, 11) is 1.69. The highest BCUT2D eigenvalue weighted by Gasteiger charge is 2.22. The molecule has 0 radical (unpaired) electrons. The summed E-state index contributed by atoms with van der Waals surface area (Å²) in [4.78, 5) is 11.0. The molecule has 0 aromatic carbocycles. The average molecular weight is 171 g/mol. The summed E-state index contributed by atoms with van der Waals surface area (Å²) in [6.45, 7) is 8.81. The zero-order valence-corrected chi connectivity index (χ0v) is 8.90. The molecule has 0 aliphatic heterocycles. The molecule has 0 fully saturated rings. The molecule has 0 unspecified atom stereocenters. The number of amides is 1. The first-order valence-electron chi connectivity index (χ1n) is 4.60. The van der Waals surface area contributed by atoms with E-state index in [-0.39, 0.29) is 11.3 Å². The van der Waals surface area contributed by atoms with Crippen LogP contribution in [0.25, 0.3) is 0 Å². The van der Waals surface area contributed by atoms with Crippen molar-refractivity contribution in [3.05, 3.63) is 0 Å². The van der Waals surface area contributed by atoms with Crippen LogP contribution >= 0.6 is 0 Å². The number of nitrogens with one attached hydrogen (secondary N) is 1. The van der Waals surface area contributed by atoms with Gasteiger partial charge in [-0.05, 0) is 17.8 Å². The summed E-state index contributed by atoms with van der Waals surface area (Å²) < 4.78 is 0. The quantitative estimate of drug-likeness (QED) is 0.690. The normalized spacial score (nSPS) is 11.8. The molecule has 0 rings (SSSR count). The van der Waals surface area contributed by atoms with Gasteiger partial charge in [0, 0.05) is 13.5 Å². The Kier molecular flexibility index (Phi) is 4.29. The van der Waals surface area contributed by atoms with E-state index in [0.717, 1.165) is 6.42 Å². The van der Waals surface area contributed by atoms with Crippen LogP contribution in [-0.4, -0.2) is 13.0 Å². The summed E-state index contributed by atoms with van der Waals surface area (Å²) in [6.07, 6.45) is 1.60. The van der Waals surface area contributed by atoms with Gasteiger partial charge in [-0.15, -0.1) is 0 Å². The fourth-order valence-electron chi connectivity index (χ4n) is 0.849. The fraction of sp³-hybridized carbons (Fsp3) is 0.900. The minimum Gasteiger partial charge on any atom is -0.359 e. The van der Waals surface area contributed by atoms with Crippen molar-refractivity contribution < 1.29 is 4.79 Å². The summed E-state index contributed by atoms with van der Waals surface area (Å²) in [5.41, 5.74) is 0.270. The Balaban J connectivity index is 3.83. The van der Waals surface area contributed by atoms with Crippen molar-refractivity contribution in [3.8, 4) is 0 Å². The molecular weight excluding hydrogens is 150 g/mol. The molecule has 0 saturated carbocycles. The van der Waals surface area contributed by atoms with Gasteiger partial charge in [-0.3, -0.25) is 4.79 Å². The molecule has 1 amide bonds. The lowest BCUT2D eigenvalue weighted by molar-refractivity contribution is -0.121. The molecule has 0 atom stereocenters. The van der Waals surface area contributed by atoms with Gasteiger partial charge in [0.25, 0.3) is 0 Å². The van der Waals surface area contributed by atoms with Gasteiger partial charge in [0.15, 0.2) is 0 Å². The highest BCUT2D eigenvalue weighted by atomic mass is 16.1. The number of carbonyl (C=O) groups is 1. The van der Waals surface area contributed by atoms with Crippen LogP contribution in [0.3, 0.4) is 0 Å². The third kappa shape index (κ3) is 3.74. The monoisotopic (exact) mass is 171 g/mol. The van der Waals surface area contributed by atoms with Gasteiger partial charge in [0.05, 0.1) is 0 Å². The molecule has 1 N–H and O–H groups in total. The van der Waals surface area contributed by atoms with E-state index in [1.807, 2.05) is 0 Å². The van der Waals surface area contributed by atoms with Gasteiger partial charge in [0.2, 0.25) is 5.91 Å². The number of carbonyl (C=O) groups excluding carboxylic acids is 1. The molecule has 0 aromatic heterocycles. The lowest BCUT2D eigenvalue weighted by Crippen LogP contribution is -2.24. The van der Waals surface area contributed by atoms with E-state index in [9.17, 15) is 4.79 Å². The van der Waals surface area contributed by atoms with Crippen molar-refractivity contribution in [2.24, 2.45) is 11.3 Å². The molecule has 0 bridgehead atoms. The second-order valence-corrected chi connectivity index (χ2v) is 4.32. The Morgan fingerprint density at radius 1 is 1.42 bits per heavy atom. The topological polar surface area (TPSA) is 29.1 Å². The Morgan fingerprint density at radius 2 is 1.92 bits per heavy atom. The predicted octanol–water partition coefficient (Wildman–Crippen LogP) is 2.19. The zero-order valence-electron chi connectivity index (χ0n) is 8.90. The lowest BCUT2D eigenvalue weighted by Gasteiger charge is -2.28. The maximum atomic E-state index is 11.0. The number of hydrogen-bond donors (Lipinski definition) is 1. The van der Waals surface area contributed by atoms with Gasteiger partial charge in [-0.2, -0.15) is 0 Å². The van der Waals surface area contributed by atoms with Gasteiger partial charge >= 0.3 is 0 Å². The van der Waals surface area contributed by atoms with E-state index < -0.39 is 0 Å². The molecular formula is C10H21NO. The van der Waals surface area contributed by atoms with Crippen molar-refractivity contribution in [3.63, 3.8) is 0 Å². The van der Waals surface area contributed by atoms with E-state index in [0.29, 0.717) is 12.3 Å². The van der Waals surface area contributed by atoms with E-state index in [1.54, 1.807) is 7.05 Å². The van der Waals surface area contributed by atoms with E-state index >= 15 is 0 Å². The predicted molar refractivity (Wildman–Crippen MR) is 51.9 cm³/mol. The van der Waals surface area contributed by atoms with E-state index in [2.05, 4.69) is 33.0 Å². The van der Waals surface area contributed by atoms with E-state index in [1.165, 1.54) is 0 Å². The Hall–Kier alpha value is -0.530. The van der Waals surface area contributed by atoms with Crippen LogP contribution in [0.15, 0.2) is 0 Å². The SMILES string of the molecule is CNC(=O)CCC(C)(C)C(C)C. The molecule has 0 heterocycles. The first-order chi connectivity index (χ1) is 5.40. The molecule has 2 nitrogen and oxygen atoms in total. The Morgan fingerprint density at radius 3 is 2.25 bits per heavy atom. The number of hydrogen-bond acceptors (Lipinski definition) is 1. The van der Waals surface area contributed by atoms with Gasteiger partial charge < -0.3 is 5.32 Å². The Bertz CT molecular complexity index is 150. The van der Waals surface area contributed by atoms with Gasteiger partial charge in [0.1, 0.15) is 0 Å². The van der Waals surface area contributed by atoms with Crippen molar-refractivity contribution in [1.29, 1.82) is 0 Å². The van der Waals surface area contributed by atoms with Crippen molar-refractivity contribution in [1.82, 2.24) is 5.32 Å². The van der Waals surface area contributed by atoms with Crippen molar-refractivity contribution in [2.75, 3.05) is 7.05 Å². The molecule has 0 saturated heterocycles. The molecule has 72 valence electrons. The molecule has 0 aromatic rings. The third-order valence-corrected chi connectivity index (χ3v) is 2.84. The highest BCUT2D eigenvalue weighted by Crippen LogP contribution is 2.31. The largest absolute Gasteiger partial charge is 0.359 e. The maximum absolute atomic E-state index is 11.0. The molecule has 0 spiro atoms.